The lowest BCUT2D eigenvalue weighted by Gasteiger charge is -2.25. The number of carbonyl (C=O) groups is 1. The van der Waals surface area contributed by atoms with Crippen molar-refractivity contribution in [3.8, 4) is 0 Å². The topological polar surface area (TPSA) is 50.5 Å². The summed E-state index contributed by atoms with van der Waals surface area (Å²) in [7, 11) is 0. The van der Waals surface area contributed by atoms with Gasteiger partial charge in [-0.25, -0.2) is 0 Å². The average molecular weight is 409 g/mol. The Morgan fingerprint density at radius 1 is 0.903 bits per heavy atom. The minimum Gasteiger partial charge on any atom is -0.450 e. The van der Waals surface area contributed by atoms with Crippen LogP contribution in [0.25, 0.3) is 11.0 Å². The fourth-order valence-corrected chi connectivity index (χ4v) is 4.38. The molecule has 0 N–H and O–H groups in total. The lowest BCUT2D eigenvalue weighted by Crippen LogP contribution is -2.29. The molecular formula is C27H23NO3. The van der Waals surface area contributed by atoms with E-state index < -0.39 is 6.04 Å². The highest BCUT2D eigenvalue weighted by Gasteiger charge is 2.43. The van der Waals surface area contributed by atoms with Crippen LogP contribution in [0.15, 0.2) is 75.9 Å². The van der Waals surface area contributed by atoms with Crippen LogP contribution in [0.4, 0.5) is 5.69 Å². The van der Waals surface area contributed by atoms with E-state index in [4.69, 9.17) is 4.42 Å². The maximum atomic E-state index is 13.6. The van der Waals surface area contributed by atoms with Gasteiger partial charge in [0.1, 0.15) is 5.58 Å². The van der Waals surface area contributed by atoms with Crippen molar-refractivity contribution in [3.05, 3.63) is 111 Å². The highest BCUT2D eigenvalue weighted by atomic mass is 16.3. The Bertz CT molecular complexity index is 1380. The summed E-state index contributed by atoms with van der Waals surface area (Å²) < 4.78 is 6.04. The number of anilines is 1. The van der Waals surface area contributed by atoms with Crippen LogP contribution >= 0.6 is 0 Å². The number of hydrogen-bond donors (Lipinski definition) is 0. The van der Waals surface area contributed by atoms with Gasteiger partial charge >= 0.3 is 0 Å². The molecule has 1 amide bonds. The summed E-state index contributed by atoms with van der Waals surface area (Å²) in [6.07, 6.45) is 0.925. The van der Waals surface area contributed by atoms with E-state index in [-0.39, 0.29) is 17.1 Å². The van der Waals surface area contributed by atoms with Gasteiger partial charge in [-0.3, -0.25) is 14.5 Å². The molecule has 4 heteroatoms. The second kappa shape index (κ2) is 7.24. The second-order valence-electron chi connectivity index (χ2n) is 8.19. The number of nitrogens with zero attached hydrogens (tertiary/aromatic N) is 1. The van der Waals surface area contributed by atoms with Crippen LogP contribution in [-0.2, 0) is 6.42 Å². The average Bonchev–Trinajstić information content (AvgIpc) is 3.07. The molecule has 154 valence electrons. The van der Waals surface area contributed by atoms with Crippen molar-refractivity contribution in [2.24, 2.45) is 0 Å². The van der Waals surface area contributed by atoms with Gasteiger partial charge in [0.25, 0.3) is 5.91 Å². The van der Waals surface area contributed by atoms with E-state index in [1.165, 1.54) is 5.56 Å². The molecule has 0 fully saturated rings. The van der Waals surface area contributed by atoms with Crippen LogP contribution in [0.2, 0.25) is 0 Å². The van der Waals surface area contributed by atoms with Crippen molar-refractivity contribution in [3.63, 3.8) is 0 Å². The molecule has 4 aromatic rings. The normalized spacial score (nSPS) is 15.5. The van der Waals surface area contributed by atoms with Gasteiger partial charge in [-0.1, -0.05) is 55.0 Å². The number of amides is 1. The summed E-state index contributed by atoms with van der Waals surface area (Å²) in [6, 6.07) is 20.9. The number of hydrogen-bond acceptors (Lipinski definition) is 3. The number of benzene rings is 3. The predicted octanol–water partition coefficient (Wildman–Crippen LogP) is 5.72. The van der Waals surface area contributed by atoms with Gasteiger partial charge in [-0.05, 0) is 61.2 Å². The summed E-state index contributed by atoms with van der Waals surface area (Å²) in [4.78, 5) is 28.9. The lowest BCUT2D eigenvalue weighted by atomic mass is 9.96. The van der Waals surface area contributed by atoms with E-state index >= 15 is 0 Å². The molecule has 0 radical (unpaired) electrons. The number of fused-ring (bicyclic) bond motifs is 2. The highest BCUT2D eigenvalue weighted by Crippen LogP contribution is 2.41. The van der Waals surface area contributed by atoms with Crippen LogP contribution in [0.5, 0.6) is 0 Å². The first-order valence-electron chi connectivity index (χ1n) is 10.5. The van der Waals surface area contributed by atoms with Crippen LogP contribution < -0.4 is 10.3 Å². The van der Waals surface area contributed by atoms with E-state index in [9.17, 15) is 9.59 Å². The molecule has 31 heavy (non-hydrogen) atoms. The van der Waals surface area contributed by atoms with E-state index in [1.54, 1.807) is 11.0 Å². The van der Waals surface area contributed by atoms with Gasteiger partial charge in [-0.2, -0.15) is 0 Å². The molecule has 0 aliphatic carbocycles. The van der Waals surface area contributed by atoms with Crippen LogP contribution in [-0.4, -0.2) is 5.91 Å². The molecule has 1 aliphatic heterocycles. The van der Waals surface area contributed by atoms with Crippen molar-refractivity contribution >= 4 is 22.6 Å². The smallest absolute Gasteiger partial charge is 0.295 e. The van der Waals surface area contributed by atoms with E-state index in [2.05, 4.69) is 19.1 Å². The molecule has 1 unspecified atom stereocenters. The molecule has 2 heterocycles. The Hall–Kier alpha value is -3.66. The molecule has 0 saturated heterocycles. The van der Waals surface area contributed by atoms with Crippen molar-refractivity contribution in [2.75, 3.05) is 4.90 Å². The molecule has 1 aliphatic rings. The van der Waals surface area contributed by atoms with Gasteiger partial charge in [0.2, 0.25) is 5.76 Å². The van der Waals surface area contributed by atoms with Gasteiger partial charge in [0.15, 0.2) is 5.43 Å². The summed E-state index contributed by atoms with van der Waals surface area (Å²) >= 11 is 0. The Balaban J connectivity index is 1.80. The monoisotopic (exact) mass is 409 g/mol. The van der Waals surface area contributed by atoms with Crippen molar-refractivity contribution in [2.45, 2.75) is 33.2 Å². The Labute approximate surface area is 180 Å². The molecule has 1 aromatic heterocycles. The quantitative estimate of drug-likeness (QED) is 0.435. The summed E-state index contributed by atoms with van der Waals surface area (Å²) in [6.45, 7) is 6.03. The Morgan fingerprint density at radius 3 is 2.35 bits per heavy atom. The Morgan fingerprint density at radius 2 is 1.65 bits per heavy atom. The minimum absolute atomic E-state index is 0.132. The minimum atomic E-state index is -0.531. The number of aryl methyl sites for hydroxylation is 3. The Kier molecular flexibility index (Phi) is 4.51. The van der Waals surface area contributed by atoms with Crippen LogP contribution in [0.1, 0.15) is 51.3 Å². The largest absolute Gasteiger partial charge is 0.450 e. The summed E-state index contributed by atoms with van der Waals surface area (Å²) in [5.74, 6) is -0.155. The van der Waals surface area contributed by atoms with Crippen molar-refractivity contribution < 1.29 is 9.21 Å². The van der Waals surface area contributed by atoms with E-state index in [1.807, 2.05) is 62.4 Å². The van der Waals surface area contributed by atoms with Gasteiger partial charge in [0.05, 0.1) is 17.0 Å². The molecule has 5 rings (SSSR count). The first-order valence-corrected chi connectivity index (χ1v) is 10.5. The van der Waals surface area contributed by atoms with Gasteiger partial charge in [0, 0.05) is 5.69 Å². The van der Waals surface area contributed by atoms with Crippen LogP contribution in [0, 0.1) is 13.8 Å². The third-order valence-electron chi connectivity index (χ3n) is 6.01. The lowest BCUT2D eigenvalue weighted by molar-refractivity contribution is 0.0971. The highest BCUT2D eigenvalue weighted by molar-refractivity contribution is 6.10. The van der Waals surface area contributed by atoms with Crippen molar-refractivity contribution in [1.82, 2.24) is 0 Å². The maximum absolute atomic E-state index is 13.6. The van der Waals surface area contributed by atoms with Crippen LogP contribution in [0.3, 0.4) is 0 Å². The standard InChI is InChI=1S/C27H23NO3/c1-4-18-9-11-19(12-10-18)24-23-25(29)21-15-17(3)8-13-22(21)31-26(23)27(30)28(24)20-7-5-6-16(2)14-20/h5-15,24H,4H2,1-3H3. The summed E-state index contributed by atoms with van der Waals surface area (Å²) in [5.41, 5.74) is 5.57. The zero-order chi connectivity index (χ0) is 21.7. The van der Waals surface area contributed by atoms with Gasteiger partial charge < -0.3 is 4.42 Å². The predicted molar refractivity (Wildman–Crippen MR) is 123 cm³/mol. The zero-order valence-electron chi connectivity index (χ0n) is 17.8. The number of rotatable bonds is 3. The van der Waals surface area contributed by atoms with Gasteiger partial charge in [-0.15, -0.1) is 0 Å². The van der Waals surface area contributed by atoms with E-state index in [0.29, 0.717) is 16.5 Å². The molecule has 0 spiro atoms. The van der Waals surface area contributed by atoms with E-state index in [0.717, 1.165) is 28.8 Å². The SMILES string of the molecule is CCc1ccc(C2c3c(oc4ccc(C)cc4c3=O)C(=O)N2c2cccc(C)c2)cc1. The molecule has 0 bridgehead atoms. The third-order valence-corrected chi connectivity index (χ3v) is 6.01. The first kappa shape index (κ1) is 19.3. The maximum Gasteiger partial charge on any atom is 0.295 e. The molecule has 0 saturated carbocycles. The zero-order valence-corrected chi connectivity index (χ0v) is 17.8. The summed E-state index contributed by atoms with van der Waals surface area (Å²) in [5, 5.41) is 0.507. The fourth-order valence-electron chi connectivity index (χ4n) is 4.38. The number of carbonyl (C=O) groups excluding carboxylic acids is 1. The van der Waals surface area contributed by atoms with Crippen molar-refractivity contribution in [1.29, 1.82) is 0 Å². The molecule has 1 atom stereocenters. The third kappa shape index (κ3) is 3.07. The molecule has 3 aromatic carbocycles. The molecule has 4 nitrogen and oxygen atoms in total. The second-order valence-corrected chi connectivity index (χ2v) is 8.19. The first-order chi connectivity index (χ1) is 15.0. The fraction of sp³-hybridized carbons (Fsp3) is 0.185. The molecular weight excluding hydrogens is 386 g/mol.